The standard InChI is InChI=1S/C15H14F3NO/c1-19-8-10-2-3-15(14(18)6-10)20-9-11-4-12(16)7-13(17)5-11/h2-7,19H,8-9H2,1H3. The molecule has 0 saturated carbocycles. The fourth-order valence-electron chi connectivity index (χ4n) is 1.83. The van der Waals surface area contributed by atoms with E-state index in [-0.39, 0.29) is 12.4 Å². The molecule has 0 aromatic heterocycles. The van der Waals surface area contributed by atoms with Crippen molar-refractivity contribution in [2.24, 2.45) is 0 Å². The second-order valence-electron chi connectivity index (χ2n) is 4.36. The molecule has 2 aromatic carbocycles. The molecule has 20 heavy (non-hydrogen) atoms. The monoisotopic (exact) mass is 281 g/mol. The highest BCUT2D eigenvalue weighted by Crippen LogP contribution is 2.20. The van der Waals surface area contributed by atoms with Gasteiger partial charge in [0, 0.05) is 12.6 Å². The molecule has 106 valence electrons. The Hall–Kier alpha value is -2.01. The van der Waals surface area contributed by atoms with Gasteiger partial charge in [0.15, 0.2) is 11.6 Å². The maximum absolute atomic E-state index is 13.7. The summed E-state index contributed by atoms with van der Waals surface area (Å²) in [5.41, 5.74) is 1.09. The number of nitrogens with one attached hydrogen (secondary N) is 1. The molecule has 0 amide bonds. The van der Waals surface area contributed by atoms with Crippen LogP contribution in [0, 0.1) is 17.5 Å². The Kier molecular flexibility index (Phi) is 4.63. The van der Waals surface area contributed by atoms with E-state index in [1.54, 1.807) is 13.1 Å². The van der Waals surface area contributed by atoms with Crippen LogP contribution < -0.4 is 10.1 Å². The molecule has 2 rings (SSSR count). The zero-order valence-corrected chi connectivity index (χ0v) is 10.9. The van der Waals surface area contributed by atoms with Gasteiger partial charge in [0.05, 0.1) is 0 Å². The zero-order chi connectivity index (χ0) is 14.5. The van der Waals surface area contributed by atoms with Crippen LogP contribution in [0.2, 0.25) is 0 Å². The molecule has 0 atom stereocenters. The molecule has 0 bridgehead atoms. The van der Waals surface area contributed by atoms with Gasteiger partial charge in [0.1, 0.15) is 18.2 Å². The van der Waals surface area contributed by atoms with E-state index in [0.717, 1.165) is 23.8 Å². The van der Waals surface area contributed by atoms with Crippen LogP contribution in [-0.2, 0) is 13.2 Å². The highest BCUT2D eigenvalue weighted by Gasteiger charge is 2.06. The van der Waals surface area contributed by atoms with Gasteiger partial charge in [-0.3, -0.25) is 0 Å². The average Bonchev–Trinajstić information content (AvgIpc) is 2.37. The van der Waals surface area contributed by atoms with Crippen LogP contribution in [0.3, 0.4) is 0 Å². The lowest BCUT2D eigenvalue weighted by atomic mass is 10.2. The van der Waals surface area contributed by atoms with E-state index in [4.69, 9.17) is 4.74 Å². The summed E-state index contributed by atoms with van der Waals surface area (Å²) < 4.78 is 45.0. The Labute approximate surface area is 115 Å². The Morgan fingerprint density at radius 1 is 0.950 bits per heavy atom. The lowest BCUT2D eigenvalue weighted by Crippen LogP contribution is -2.06. The zero-order valence-electron chi connectivity index (χ0n) is 10.9. The summed E-state index contributed by atoms with van der Waals surface area (Å²) in [5.74, 6) is -1.83. The normalized spacial score (nSPS) is 10.6. The van der Waals surface area contributed by atoms with Gasteiger partial charge < -0.3 is 10.1 Å². The molecule has 0 aliphatic rings. The molecule has 2 nitrogen and oxygen atoms in total. The first-order valence-corrected chi connectivity index (χ1v) is 6.09. The van der Waals surface area contributed by atoms with Crippen molar-refractivity contribution in [2.45, 2.75) is 13.2 Å². The lowest BCUT2D eigenvalue weighted by molar-refractivity contribution is 0.289. The number of hydrogen-bond donors (Lipinski definition) is 1. The topological polar surface area (TPSA) is 21.3 Å². The average molecular weight is 281 g/mol. The first-order chi connectivity index (χ1) is 9.58. The summed E-state index contributed by atoms with van der Waals surface area (Å²) in [5, 5.41) is 2.91. The van der Waals surface area contributed by atoms with E-state index in [1.165, 1.54) is 12.1 Å². The van der Waals surface area contributed by atoms with Gasteiger partial charge in [0.25, 0.3) is 0 Å². The minimum Gasteiger partial charge on any atom is -0.486 e. The molecule has 2 aromatic rings. The molecule has 0 spiro atoms. The van der Waals surface area contributed by atoms with E-state index in [2.05, 4.69) is 5.32 Å². The molecule has 0 unspecified atom stereocenters. The first kappa shape index (κ1) is 14.4. The second-order valence-corrected chi connectivity index (χ2v) is 4.36. The SMILES string of the molecule is CNCc1ccc(OCc2cc(F)cc(F)c2)c(F)c1. The highest BCUT2D eigenvalue weighted by molar-refractivity contribution is 5.30. The Balaban J connectivity index is 2.06. The fraction of sp³-hybridized carbons (Fsp3) is 0.200. The summed E-state index contributed by atoms with van der Waals surface area (Å²) in [6, 6.07) is 7.65. The van der Waals surface area contributed by atoms with Gasteiger partial charge in [-0.2, -0.15) is 0 Å². The Bertz CT molecular complexity index is 581. The highest BCUT2D eigenvalue weighted by atomic mass is 19.1. The van der Waals surface area contributed by atoms with Crippen molar-refractivity contribution in [3.63, 3.8) is 0 Å². The molecular formula is C15H14F3NO. The van der Waals surface area contributed by atoms with Crippen LogP contribution in [0.5, 0.6) is 5.75 Å². The maximum atomic E-state index is 13.7. The molecule has 0 radical (unpaired) electrons. The minimum absolute atomic E-state index is 0.0505. The molecule has 0 heterocycles. The minimum atomic E-state index is -0.687. The quantitative estimate of drug-likeness (QED) is 0.907. The Morgan fingerprint density at radius 3 is 2.25 bits per heavy atom. The largest absolute Gasteiger partial charge is 0.486 e. The van der Waals surface area contributed by atoms with Crippen LogP contribution >= 0.6 is 0 Å². The third kappa shape index (κ3) is 3.74. The summed E-state index contributed by atoms with van der Waals surface area (Å²) in [6.07, 6.45) is 0. The van der Waals surface area contributed by atoms with E-state index >= 15 is 0 Å². The second kappa shape index (κ2) is 6.43. The predicted octanol–water partition coefficient (Wildman–Crippen LogP) is 3.40. The van der Waals surface area contributed by atoms with Gasteiger partial charge in [-0.05, 0) is 42.4 Å². The van der Waals surface area contributed by atoms with E-state index in [1.807, 2.05) is 0 Å². The third-order valence-electron chi connectivity index (χ3n) is 2.69. The first-order valence-electron chi connectivity index (χ1n) is 6.09. The van der Waals surface area contributed by atoms with Gasteiger partial charge in [-0.15, -0.1) is 0 Å². The number of benzene rings is 2. The van der Waals surface area contributed by atoms with Gasteiger partial charge in [-0.1, -0.05) is 6.07 Å². The van der Waals surface area contributed by atoms with Gasteiger partial charge in [-0.25, -0.2) is 13.2 Å². The van der Waals surface area contributed by atoms with Gasteiger partial charge in [0.2, 0.25) is 0 Å². The smallest absolute Gasteiger partial charge is 0.165 e. The predicted molar refractivity (Wildman–Crippen MR) is 69.9 cm³/mol. The molecular weight excluding hydrogens is 267 g/mol. The molecule has 5 heteroatoms. The Morgan fingerprint density at radius 2 is 1.65 bits per heavy atom. The van der Waals surface area contributed by atoms with Crippen molar-refractivity contribution in [3.8, 4) is 5.75 Å². The summed E-state index contributed by atoms with van der Waals surface area (Å²) in [7, 11) is 1.76. The van der Waals surface area contributed by atoms with Crippen molar-refractivity contribution in [2.75, 3.05) is 7.05 Å². The van der Waals surface area contributed by atoms with E-state index in [9.17, 15) is 13.2 Å². The molecule has 0 aliphatic heterocycles. The summed E-state index contributed by atoms with van der Waals surface area (Å²) in [4.78, 5) is 0. The van der Waals surface area contributed by atoms with Crippen molar-refractivity contribution < 1.29 is 17.9 Å². The van der Waals surface area contributed by atoms with Crippen LogP contribution in [0.15, 0.2) is 36.4 Å². The molecule has 0 aliphatic carbocycles. The molecule has 0 saturated heterocycles. The molecule has 0 fully saturated rings. The van der Waals surface area contributed by atoms with Gasteiger partial charge >= 0.3 is 0 Å². The number of hydrogen-bond acceptors (Lipinski definition) is 2. The van der Waals surface area contributed by atoms with Crippen LogP contribution in [0.25, 0.3) is 0 Å². The third-order valence-corrected chi connectivity index (χ3v) is 2.69. The van der Waals surface area contributed by atoms with E-state index < -0.39 is 17.5 Å². The van der Waals surface area contributed by atoms with Crippen molar-refractivity contribution in [1.29, 1.82) is 0 Å². The van der Waals surface area contributed by atoms with Crippen LogP contribution in [0.4, 0.5) is 13.2 Å². The summed E-state index contributed by atoms with van der Waals surface area (Å²) >= 11 is 0. The summed E-state index contributed by atoms with van der Waals surface area (Å²) in [6.45, 7) is 0.448. The fourth-order valence-corrected chi connectivity index (χ4v) is 1.83. The van der Waals surface area contributed by atoms with Crippen molar-refractivity contribution in [3.05, 3.63) is 65.0 Å². The number of halogens is 3. The molecule has 1 N–H and O–H groups in total. The van der Waals surface area contributed by atoms with Crippen molar-refractivity contribution in [1.82, 2.24) is 5.32 Å². The van der Waals surface area contributed by atoms with Crippen molar-refractivity contribution >= 4 is 0 Å². The van der Waals surface area contributed by atoms with Crippen LogP contribution in [0.1, 0.15) is 11.1 Å². The van der Waals surface area contributed by atoms with E-state index in [0.29, 0.717) is 12.1 Å². The number of ether oxygens (including phenoxy) is 1. The maximum Gasteiger partial charge on any atom is 0.165 e. The number of rotatable bonds is 5. The lowest BCUT2D eigenvalue weighted by Gasteiger charge is -2.09. The van der Waals surface area contributed by atoms with Crippen LogP contribution in [-0.4, -0.2) is 7.05 Å².